The molecule has 0 aromatic heterocycles. The average molecular weight is 456 g/mol. The van der Waals surface area contributed by atoms with Crippen LogP contribution in [0.4, 0.5) is 13.2 Å². The van der Waals surface area contributed by atoms with Crippen LogP contribution in [-0.4, -0.2) is 32.4 Å². The normalized spacial score (nSPS) is 19.3. The molecule has 1 fully saturated rings. The van der Waals surface area contributed by atoms with Gasteiger partial charge >= 0.3 is 6.18 Å². The quantitative estimate of drug-likeness (QED) is 0.566. The third kappa shape index (κ3) is 6.54. The Bertz CT molecular complexity index is 887. The van der Waals surface area contributed by atoms with Gasteiger partial charge in [-0.1, -0.05) is 23.7 Å². The maximum Gasteiger partial charge on any atom is 0.402 e. The molecule has 1 unspecified atom stereocenters. The highest BCUT2D eigenvalue weighted by molar-refractivity contribution is 7.97. The Labute approximate surface area is 182 Å². The van der Waals surface area contributed by atoms with Gasteiger partial charge in [0.2, 0.25) is 0 Å². The summed E-state index contributed by atoms with van der Waals surface area (Å²) in [4.78, 5) is 0.515. The van der Waals surface area contributed by atoms with E-state index < -0.39 is 12.7 Å². The molecule has 0 radical (unpaired) electrons. The lowest BCUT2D eigenvalue weighted by molar-refractivity contribution is -0.120. The first-order valence-corrected chi connectivity index (χ1v) is 10.6. The summed E-state index contributed by atoms with van der Waals surface area (Å²) in [6, 6.07) is 14.7. The van der Waals surface area contributed by atoms with Crippen molar-refractivity contribution in [1.29, 1.82) is 5.26 Å². The first-order valence-electron chi connectivity index (χ1n) is 9.45. The second-order valence-corrected chi connectivity index (χ2v) is 8.43. The second kappa shape index (κ2) is 10.4. The third-order valence-corrected chi connectivity index (χ3v) is 5.92. The van der Waals surface area contributed by atoms with E-state index >= 15 is 0 Å². The second-order valence-electron chi connectivity index (χ2n) is 7.03. The van der Waals surface area contributed by atoms with Crippen molar-refractivity contribution in [2.45, 2.75) is 23.4 Å². The van der Waals surface area contributed by atoms with Crippen LogP contribution in [0.3, 0.4) is 0 Å². The SMILES string of the molecule is N#Cc1cc(SNCC(F)(F)F)ccc1OC[C@@H]1CNCCC1c1ccc(Cl)cc1. The van der Waals surface area contributed by atoms with Gasteiger partial charge in [-0.25, -0.2) is 0 Å². The Balaban J connectivity index is 1.63. The molecule has 0 aliphatic carbocycles. The van der Waals surface area contributed by atoms with Crippen LogP contribution in [0.15, 0.2) is 47.4 Å². The number of nitriles is 1. The van der Waals surface area contributed by atoms with Crippen LogP contribution in [0, 0.1) is 17.2 Å². The summed E-state index contributed by atoms with van der Waals surface area (Å²) in [5.74, 6) is 0.961. The molecular formula is C21H21ClF3N3OS. The molecule has 2 aromatic carbocycles. The zero-order valence-electron chi connectivity index (χ0n) is 16.0. The van der Waals surface area contributed by atoms with Crippen LogP contribution in [0.2, 0.25) is 5.02 Å². The van der Waals surface area contributed by atoms with Gasteiger partial charge in [0.05, 0.1) is 12.2 Å². The van der Waals surface area contributed by atoms with E-state index in [0.717, 1.165) is 31.5 Å². The molecule has 0 bridgehead atoms. The first-order chi connectivity index (χ1) is 14.4. The van der Waals surface area contributed by atoms with E-state index in [9.17, 15) is 18.4 Å². The van der Waals surface area contributed by atoms with E-state index in [1.54, 1.807) is 12.1 Å². The predicted octanol–water partition coefficient (Wildman–Crippen LogP) is 5.14. The number of benzene rings is 2. The van der Waals surface area contributed by atoms with Crippen molar-refractivity contribution < 1.29 is 17.9 Å². The fourth-order valence-electron chi connectivity index (χ4n) is 3.43. The molecule has 1 heterocycles. The summed E-state index contributed by atoms with van der Waals surface area (Å²) in [5, 5.41) is 13.5. The molecule has 0 saturated carbocycles. The molecular weight excluding hydrogens is 435 g/mol. The Hall–Kier alpha value is -1.92. The number of hydrogen-bond donors (Lipinski definition) is 2. The number of rotatable bonds is 7. The standard InChI is InChI=1S/C21H21ClF3N3OS/c22-17-3-1-14(2-4-17)19-7-8-27-11-16(19)12-29-20-6-5-18(9-15(20)10-26)30-28-13-21(23,24)25/h1-6,9,16,19,27-28H,7-8,11-13H2/t16-,19?/m0/s1. The molecule has 1 aliphatic heterocycles. The van der Waals surface area contributed by atoms with E-state index in [1.165, 1.54) is 11.6 Å². The molecule has 3 rings (SSSR count). The average Bonchev–Trinajstić information content (AvgIpc) is 2.72. The highest BCUT2D eigenvalue weighted by Crippen LogP contribution is 2.32. The smallest absolute Gasteiger partial charge is 0.402 e. The number of alkyl halides is 3. The van der Waals surface area contributed by atoms with Crippen molar-refractivity contribution in [3.8, 4) is 11.8 Å². The molecule has 30 heavy (non-hydrogen) atoms. The number of hydrogen-bond acceptors (Lipinski definition) is 5. The maximum atomic E-state index is 12.3. The highest BCUT2D eigenvalue weighted by Gasteiger charge is 2.28. The van der Waals surface area contributed by atoms with Gasteiger partial charge in [-0.2, -0.15) is 18.4 Å². The number of nitrogens with zero attached hydrogens (tertiary/aromatic N) is 1. The Morgan fingerprint density at radius 2 is 2.00 bits per heavy atom. The van der Waals surface area contributed by atoms with Gasteiger partial charge in [-0.15, -0.1) is 0 Å². The summed E-state index contributed by atoms with van der Waals surface area (Å²) < 4.78 is 45.0. The molecule has 1 aliphatic rings. The summed E-state index contributed by atoms with van der Waals surface area (Å²) in [6.45, 7) is 1.03. The van der Waals surface area contributed by atoms with Crippen molar-refractivity contribution in [3.63, 3.8) is 0 Å². The van der Waals surface area contributed by atoms with Gasteiger partial charge in [0, 0.05) is 22.4 Å². The van der Waals surface area contributed by atoms with Gasteiger partial charge < -0.3 is 10.1 Å². The minimum Gasteiger partial charge on any atom is -0.492 e. The number of piperidine rings is 1. The monoisotopic (exact) mass is 455 g/mol. The topological polar surface area (TPSA) is 57.1 Å². The first kappa shape index (κ1) is 22.8. The summed E-state index contributed by atoms with van der Waals surface area (Å²) in [6.07, 6.45) is -3.32. The van der Waals surface area contributed by atoms with Crippen LogP contribution >= 0.6 is 23.5 Å². The van der Waals surface area contributed by atoms with E-state index in [4.69, 9.17) is 16.3 Å². The predicted molar refractivity (Wildman–Crippen MR) is 112 cm³/mol. The molecule has 160 valence electrons. The van der Waals surface area contributed by atoms with Crippen LogP contribution in [0.1, 0.15) is 23.5 Å². The van der Waals surface area contributed by atoms with Gasteiger partial charge in [0.25, 0.3) is 0 Å². The van der Waals surface area contributed by atoms with Gasteiger partial charge in [0.15, 0.2) is 0 Å². The van der Waals surface area contributed by atoms with Gasteiger partial charge in [-0.3, -0.25) is 4.72 Å². The lowest BCUT2D eigenvalue weighted by Gasteiger charge is -2.32. The van der Waals surface area contributed by atoms with Crippen molar-refractivity contribution in [1.82, 2.24) is 10.0 Å². The zero-order chi connectivity index (χ0) is 21.6. The Kier molecular flexibility index (Phi) is 7.89. The summed E-state index contributed by atoms with van der Waals surface area (Å²) in [7, 11) is 0. The summed E-state index contributed by atoms with van der Waals surface area (Å²) in [5.41, 5.74) is 1.50. The maximum absolute atomic E-state index is 12.3. The van der Waals surface area contributed by atoms with Crippen LogP contribution in [0.25, 0.3) is 0 Å². The third-order valence-electron chi connectivity index (χ3n) is 4.89. The number of ether oxygens (including phenoxy) is 1. The lowest BCUT2D eigenvalue weighted by atomic mass is 9.81. The molecule has 0 spiro atoms. The van der Waals surface area contributed by atoms with Gasteiger partial charge in [-0.05, 0) is 66.7 Å². The van der Waals surface area contributed by atoms with E-state index in [-0.39, 0.29) is 5.92 Å². The van der Waals surface area contributed by atoms with Crippen molar-refractivity contribution in [2.24, 2.45) is 5.92 Å². The molecule has 2 N–H and O–H groups in total. The fourth-order valence-corrected chi connectivity index (χ4v) is 4.27. The van der Waals surface area contributed by atoms with E-state index in [2.05, 4.69) is 16.1 Å². The van der Waals surface area contributed by atoms with Gasteiger partial charge in [0.1, 0.15) is 18.4 Å². The molecule has 2 aromatic rings. The molecule has 9 heteroatoms. The minimum absolute atomic E-state index is 0.217. The van der Waals surface area contributed by atoms with Crippen molar-refractivity contribution in [2.75, 3.05) is 26.2 Å². The largest absolute Gasteiger partial charge is 0.492 e. The number of nitrogens with one attached hydrogen (secondary N) is 2. The summed E-state index contributed by atoms with van der Waals surface area (Å²) >= 11 is 6.83. The van der Waals surface area contributed by atoms with Crippen molar-refractivity contribution in [3.05, 3.63) is 58.6 Å². The Morgan fingerprint density at radius 1 is 1.23 bits per heavy atom. The molecule has 4 nitrogen and oxygen atoms in total. The number of halogens is 4. The fraction of sp³-hybridized carbons (Fsp3) is 0.381. The van der Waals surface area contributed by atoms with E-state index in [0.29, 0.717) is 33.8 Å². The van der Waals surface area contributed by atoms with Crippen LogP contribution in [-0.2, 0) is 0 Å². The zero-order valence-corrected chi connectivity index (χ0v) is 17.6. The van der Waals surface area contributed by atoms with E-state index in [1.807, 2.05) is 24.3 Å². The molecule has 1 saturated heterocycles. The minimum atomic E-state index is -4.29. The lowest BCUT2D eigenvalue weighted by Crippen LogP contribution is -2.38. The molecule has 2 atom stereocenters. The van der Waals surface area contributed by atoms with Crippen LogP contribution in [0.5, 0.6) is 5.75 Å². The Morgan fingerprint density at radius 3 is 2.70 bits per heavy atom. The van der Waals surface area contributed by atoms with Crippen molar-refractivity contribution >= 4 is 23.5 Å². The van der Waals surface area contributed by atoms with Crippen LogP contribution < -0.4 is 14.8 Å². The highest BCUT2D eigenvalue weighted by atomic mass is 35.5. The molecule has 0 amide bonds.